The fourth-order valence-corrected chi connectivity index (χ4v) is 3.99. The molecule has 2 aliphatic rings. The molecule has 1 fully saturated rings. The molecule has 2 aliphatic heterocycles. The standard InChI is InChI=1S/C23H24F3N7O3/c24-23(25,26)13-36-22(35)32-9-7-14-11-29-17(10-15(14)12-32)21(34)31-19-6-3-4-16(30-19)20(28)33-8-2-1-5-18(33)27/h3-4,6,10-11,27-28H,1-2,5,7-9,12-13H2,(H,30,31,34). The highest BCUT2D eigenvalue weighted by Gasteiger charge is 2.32. The number of pyridine rings is 2. The van der Waals surface area contributed by atoms with Crippen molar-refractivity contribution in [3.8, 4) is 0 Å². The van der Waals surface area contributed by atoms with Gasteiger partial charge in [0.25, 0.3) is 5.91 Å². The number of carbonyl (C=O) groups excluding carboxylic acids is 2. The molecule has 0 aliphatic carbocycles. The Kier molecular flexibility index (Phi) is 7.17. The number of anilines is 1. The van der Waals surface area contributed by atoms with E-state index in [4.69, 9.17) is 10.8 Å². The predicted octanol–water partition coefficient (Wildman–Crippen LogP) is 3.57. The van der Waals surface area contributed by atoms with Crippen molar-refractivity contribution in [2.75, 3.05) is 25.0 Å². The number of aromatic nitrogens is 2. The van der Waals surface area contributed by atoms with Gasteiger partial charge in [0.2, 0.25) is 0 Å². The Hall–Kier alpha value is -4.03. The summed E-state index contributed by atoms with van der Waals surface area (Å²) in [7, 11) is 0. The fourth-order valence-electron chi connectivity index (χ4n) is 3.99. The van der Waals surface area contributed by atoms with Gasteiger partial charge in [-0.25, -0.2) is 9.78 Å². The number of halogens is 3. The Bertz CT molecular complexity index is 1200. The van der Waals surface area contributed by atoms with E-state index in [2.05, 4.69) is 20.0 Å². The van der Waals surface area contributed by atoms with Crippen LogP contribution in [-0.2, 0) is 17.7 Å². The first-order valence-corrected chi connectivity index (χ1v) is 11.3. The van der Waals surface area contributed by atoms with E-state index < -0.39 is 24.8 Å². The van der Waals surface area contributed by atoms with Crippen molar-refractivity contribution in [3.05, 3.63) is 53.0 Å². The van der Waals surface area contributed by atoms with E-state index in [-0.39, 0.29) is 30.4 Å². The Balaban J connectivity index is 1.43. The van der Waals surface area contributed by atoms with Gasteiger partial charge in [-0.05, 0) is 48.6 Å². The number of rotatable bonds is 4. The van der Waals surface area contributed by atoms with Gasteiger partial charge in [-0.1, -0.05) is 6.07 Å². The van der Waals surface area contributed by atoms with Gasteiger partial charge in [-0.15, -0.1) is 0 Å². The number of amides is 2. The second-order valence-electron chi connectivity index (χ2n) is 8.45. The molecule has 13 heteroatoms. The SMILES string of the molecule is N=C1CCCCN1C(=N)c1cccc(NC(=O)c2cc3c(cn2)CCN(C(=O)OCC(F)(F)F)C3)n1. The summed E-state index contributed by atoms with van der Waals surface area (Å²) >= 11 is 0. The number of ether oxygens (including phenoxy) is 1. The zero-order chi connectivity index (χ0) is 25.9. The first-order chi connectivity index (χ1) is 17.1. The number of alkyl halides is 3. The van der Waals surface area contributed by atoms with E-state index in [1.807, 2.05) is 0 Å². The molecule has 0 radical (unpaired) electrons. The number of nitrogens with zero attached hydrogens (tertiary/aromatic N) is 4. The van der Waals surface area contributed by atoms with Crippen LogP contribution in [0, 0.1) is 10.8 Å². The van der Waals surface area contributed by atoms with Crippen LogP contribution in [0.15, 0.2) is 30.5 Å². The number of hydrogen-bond acceptors (Lipinski definition) is 7. The molecule has 4 heterocycles. The minimum absolute atomic E-state index is 0.0124. The fraction of sp³-hybridized carbons (Fsp3) is 0.391. The van der Waals surface area contributed by atoms with Gasteiger partial charge in [0, 0.05) is 32.3 Å². The number of carbonyl (C=O) groups is 2. The molecule has 2 aromatic rings. The minimum Gasteiger partial charge on any atom is -0.440 e. The van der Waals surface area contributed by atoms with Gasteiger partial charge in [-0.3, -0.25) is 20.6 Å². The third kappa shape index (κ3) is 5.96. The summed E-state index contributed by atoms with van der Waals surface area (Å²) in [6, 6.07) is 6.32. The highest BCUT2D eigenvalue weighted by Crippen LogP contribution is 2.22. The van der Waals surface area contributed by atoms with Crippen molar-refractivity contribution in [1.29, 1.82) is 10.8 Å². The normalized spacial score (nSPS) is 15.8. The van der Waals surface area contributed by atoms with Gasteiger partial charge >= 0.3 is 12.3 Å². The topological polar surface area (TPSA) is 135 Å². The Morgan fingerprint density at radius 3 is 2.67 bits per heavy atom. The summed E-state index contributed by atoms with van der Waals surface area (Å²) in [6.45, 7) is -0.938. The van der Waals surface area contributed by atoms with Gasteiger partial charge in [0.1, 0.15) is 23.0 Å². The number of fused-ring (bicyclic) bond motifs is 1. The van der Waals surface area contributed by atoms with E-state index in [0.717, 1.165) is 23.3 Å². The summed E-state index contributed by atoms with van der Waals surface area (Å²) in [6.07, 6.45) is -1.44. The lowest BCUT2D eigenvalue weighted by Crippen LogP contribution is -2.40. The van der Waals surface area contributed by atoms with Crippen LogP contribution >= 0.6 is 0 Å². The molecule has 190 valence electrons. The van der Waals surface area contributed by atoms with Gasteiger partial charge in [0.05, 0.1) is 0 Å². The molecular weight excluding hydrogens is 479 g/mol. The molecule has 2 aromatic heterocycles. The number of amidine groups is 2. The quantitative estimate of drug-likeness (QED) is 0.431. The second-order valence-corrected chi connectivity index (χ2v) is 8.45. The second kappa shape index (κ2) is 10.3. The molecule has 0 unspecified atom stereocenters. The van der Waals surface area contributed by atoms with Crippen LogP contribution in [0.4, 0.5) is 23.8 Å². The maximum Gasteiger partial charge on any atom is 0.422 e. The van der Waals surface area contributed by atoms with E-state index in [1.165, 1.54) is 12.3 Å². The van der Waals surface area contributed by atoms with Crippen molar-refractivity contribution < 1.29 is 27.5 Å². The molecule has 0 aromatic carbocycles. The predicted molar refractivity (Wildman–Crippen MR) is 123 cm³/mol. The highest BCUT2D eigenvalue weighted by atomic mass is 19.4. The third-order valence-corrected chi connectivity index (χ3v) is 5.82. The molecule has 3 N–H and O–H groups in total. The minimum atomic E-state index is -4.61. The first kappa shape index (κ1) is 25.1. The number of hydrogen-bond donors (Lipinski definition) is 3. The van der Waals surface area contributed by atoms with Crippen LogP contribution < -0.4 is 5.32 Å². The van der Waals surface area contributed by atoms with E-state index >= 15 is 0 Å². The molecule has 1 saturated heterocycles. The van der Waals surface area contributed by atoms with Crippen LogP contribution in [0.1, 0.15) is 46.6 Å². The first-order valence-electron chi connectivity index (χ1n) is 11.3. The lowest BCUT2D eigenvalue weighted by atomic mass is 10.0. The van der Waals surface area contributed by atoms with Crippen molar-refractivity contribution in [2.45, 2.75) is 38.4 Å². The number of piperidine rings is 1. The smallest absolute Gasteiger partial charge is 0.422 e. The van der Waals surface area contributed by atoms with Crippen LogP contribution in [0.5, 0.6) is 0 Å². The zero-order valence-corrected chi connectivity index (χ0v) is 19.2. The van der Waals surface area contributed by atoms with Gasteiger partial charge in [-0.2, -0.15) is 13.2 Å². The molecule has 0 saturated carbocycles. The molecule has 10 nitrogen and oxygen atoms in total. The van der Waals surface area contributed by atoms with Crippen LogP contribution in [-0.4, -0.2) is 69.3 Å². The van der Waals surface area contributed by atoms with Gasteiger partial charge in [0.15, 0.2) is 12.4 Å². The van der Waals surface area contributed by atoms with Crippen molar-refractivity contribution in [2.24, 2.45) is 0 Å². The average molecular weight is 503 g/mol. The molecule has 4 rings (SSSR count). The Morgan fingerprint density at radius 2 is 1.92 bits per heavy atom. The van der Waals surface area contributed by atoms with Crippen molar-refractivity contribution in [1.82, 2.24) is 19.8 Å². The summed E-state index contributed by atoms with van der Waals surface area (Å²) in [5, 5.41) is 19.1. The molecule has 2 amide bonds. The lowest BCUT2D eigenvalue weighted by molar-refractivity contribution is -0.162. The Labute approximate surface area is 204 Å². The monoisotopic (exact) mass is 503 g/mol. The highest BCUT2D eigenvalue weighted by molar-refractivity contribution is 6.07. The summed E-state index contributed by atoms with van der Waals surface area (Å²) in [4.78, 5) is 36.1. The summed E-state index contributed by atoms with van der Waals surface area (Å²) in [5.41, 5.74) is 1.71. The molecule has 0 atom stereocenters. The Morgan fingerprint density at radius 1 is 1.11 bits per heavy atom. The molecule has 0 spiro atoms. The van der Waals surface area contributed by atoms with Crippen LogP contribution in [0.25, 0.3) is 0 Å². The van der Waals surface area contributed by atoms with Crippen LogP contribution in [0.2, 0.25) is 0 Å². The zero-order valence-electron chi connectivity index (χ0n) is 19.2. The average Bonchev–Trinajstić information content (AvgIpc) is 2.86. The van der Waals surface area contributed by atoms with Crippen molar-refractivity contribution in [3.63, 3.8) is 0 Å². The van der Waals surface area contributed by atoms with E-state index in [0.29, 0.717) is 36.5 Å². The molecule has 0 bridgehead atoms. The summed E-state index contributed by atoms with van der Waals surface area (Å²) in [5.74, 6) is 0.0661. The maximum absolute atomic E-state index is 12.8. The lowest BCUT2D eigenvalue weighted by Gasteiger charge is -2.29. The third-order valence-electron chi connectivity index (χ3n) is 5.82. The van der Waals surface area contributed by atoms with Crippen molar-refractivity contribution >= 4 is 29.5 Å². The largest absolute Gasteiger partial charge is 0.440 e. The maximum atomic E-state index is 12.8. The number of likely N-dealkylation sites (tertiary alicyclic amines) is 1. The van der Waals surface area contributed by atoms with Crippen LogP contribution in [0.3, 0.4) is 0 Å². The molecular formula is C23H24F3N7O3. The molecule has 36 heavy (non-hydrogen) atoms. The summed E-state index contributed by atoms with van der Waals surface area (Å²) < 4.78 is 41.4. The van der Waals surface area contributed by atoms with E-state index in [9.17, 15) is 22.8 Å². The van der Waals surface area contributed by atoms with E-state index in [1.54, 1.807) is 23.1 Å². The van der Waals surface area contributed by atoms with Gasteiger partial charge < -0.3 is 19.9 Å². The number of nitrogens with one attached hydrogen (secondary N) is 3.